The van der Waals surface area contributed by atoms with Gasteiger partial charge < -0.3 is 9.84 Å². The van der Waals surface area contributed by atoms with Gasteiger partial charge in [-0.25, -0.2) is 4.39 Å². The monoisotopic (exact) mass is 357 g/mol. The van der Waals surface area contributed by atoms with E-state index in [-0.39, 0.29) is 17.5 Å². The molecule has 0 aliphatic heterocycles. The molecular weight excluding hydrogens is 341 g/mol. The molecule has 0 fully saturated rings. The van der Waals surface area contributed by atoms with Crippen molar-refractivity contribution < 1.29 is 13.7 Å². The summed E-state index contributed by atoms with van der Waals surface area (Å²) in [4.78, 5) is 16.1. The molecule has 0 radical (unpaired) electrons. The van der Waals surface area contributed by atoms with Gasteiger partial charge >= 0.3 is 0 Å². The smallest absolute Gasteiger partial charge is 0.236 e. The third-order valence-corrected chi connectivity index (χ3v) is 4.28. The maximum atomic E-state index is 12.8. The molecule has 25 heavy (non-hydrogen) atoms. The number of carbonyl (C=O) groups is 1. The number of amides is 1. The van der Waals surface area contributed by atoms with Crippen molar-refractivity contribution in [3.8, 4) is 11.4 Å². The van der Waals surface area contributed by atoms with Gasteiger partial charge in [0.25, 0.3) is 0 Å². The number of benzene rings is 2. The van der Waals surface area contributed by atoms with Gasteiger partial charge in [0, 0.05) is 12.1 Å². The molecule has 0 unspecified atom stereocenters. The van der Waals surface area contributed by atoms with E-state index < -0.39 is 0 Å². The molecule has 1 amide bonds. The molecular formula is C18H16FN3O2S. The van der Waals surface area contributed by atoms with Crippen LogP contribution >= 0.6 is 11.8 Å². The number of rotatable bonds is 7. The van der Waals surface area contributed by atoms with Crippen LogP contribution in [0.15, 0.2) is 59.1 Å². The molecule has 0 aliphatic carbocycles. The summed E-state index contributed by atoms with van der Waals surface area (Å²) >= 11 is 1.39. The lowest BCUT2D eigenvalue weighted by molar-refractivity contribution is -0.118. The van der Waals surface area contributed by atoms with Crippen molar-refractivity contribution in [2.75, 3.05) is 5.75 Å². The van der Waals surface area contributed by atoms with Gasteiger partial charge in [0.15, 0.2) is 0 Å². The zero-order valence-electron chi connectivity index (χ0n) is 13.3. The molecule has 1 aromatic heterocycles. The normalized spacial score (nSPS) is 10.6. The summed E-state index contributed by atoms with van der Waals surface area (Å²) in [6, 6.07) is 15.6. The van der Waals surface area contributed by atoms with Crippen molar-refractivity contribution >= 4 is 17.7 Å². The second kappa shape index (κ2) is 8.43. The Morgan fingerprint density at radius 1 is 1.12 bits per heavy atom. The average molecular weight is 357 g/mol. The maximum absolute atomic E-state index is 12.8. The highest BCUT2D eigenvalue weighted by molar-refractivity contribution is 7.99. The van der Waals surface area contributed by atoms with Crippen LogP contribution in [0.3, 0.4) is 0 Å². The van der Waals surface area contributed by atoms with Crippen LogP contribution in [0.2, 0.25) is 0 Å². The first-order chi connectivity index (χ1) is 12.2. The molecule has 1 heterocycles. The average Bonchev–Trinajstić information content (AvgIpc) is 3.11. The van der Waals surface area contributed by atoms with Gasteiger partial charge in [-0.2, -0.15) is 4.98 Å². The molecule has 0 saturated carbocycles. The number of hydrogen-bond donors (Lipinski definition) is 1. The van der Waals surface area contributed by atoms with Gasteiger partial charge in [0.2, 0.25) is 17.6 Å². The van der Waals surface area contributed by atoms with E-state index in [1.807, 2.05) is 30.3 Å². The Morgan fingerprint density at radius 2 is 1.88 bits per heavy atom. The van der Waals surface area contributed by atoms with Crippen LogP contribution in [0.5, 0.6) is 0 Å². The molecule has 1 N–H and O–H groups in total. The Kier molecular flexibility index (Phi) is 5.79. The van der Waals surface area contributed by atoms with Crippen LogP contribution < -0.4 is 5.32 Å². The lowest BCUT2D eigenvalue weighted by Gasteiger charge is -2.04. The topological polar surface area (TPSA) is 68.0 Å². The summed E-state index contributed by atoms with van der Waals surface area (Å²) in [5.41, 5.74) is 1.74. The predicted molar refractivity (Wildman–Crippen MR) is 94.1 cm³/mol. The van der Waals surface area contributed by atoms with E-state index in [0.717, 1.165) is 11.1 Å². The summed E-state index contributed by atoms with van der Waals surface area (Å²) in [5, 5.41) is 6.72. The van der Waals surface area contributed by atoms with Gasteiger partial charge in [0.05, 0.1) is 11.5 Å². The number of hydrogen-bond acceptors (Lipinski definition) is 5. The second-order valence-corrected chi connectivity index (χ2v) is 6.26. The van der Waals surface area contributed by atoms with Crippen molar-refractivity contribution in [2.45, 2.75) is 12.3 Å². The number of thioether (sulfide) groups is 1. The third kappa shape index (κ3) is 5.15. The fourth-order valence-corrected chi connectivity index (χ4v) is 2.78. The molecule has 7 heteroatoms. The number of nitrogens with zero attached hydrogens (tertiary/aromatic N) is 2. The van der Waals surface area contributed by atoms with Crippen LogP contribution in [-0.2, 0) is 17.1 Å². The lowest BCUT2D eigenvalue weighted by Crippen LogP contribution is -2.24. The highest BCUT2D eigenvalue weighted by Gasteiger charge is 2.09. The van der Waals surface area contributed by atoms with Crippen LogP contribution in [0.25, 0.3) is 11.4 Å². The highest BCUT2D eigenvalue weighted by atomic mass is 32.2. The van der Waals surface area contributed by atoms with Crippen molar-refractivity contribution in [2.24, 2.45) is 0 Å². The molecule has 3 aromatic rings. The Labute approximate surface area is 148 Å². The van der Waals surface area contributed by atoms with Crippen molar-refractivity contribution in [3.63, 3.8) is 0 Å². The molecule has 0 aliphatic rings. The fraction of sp³-hybridized carbons (Fsp3) is 0.167. The Hall–Kier alpha value is -2.67. The summed E-state index contributed by atoms with van der Waals surface area (Å²) in [6.07, 6.45) is 0. The Morgan fingerprint density at radius 3 is 2.64 bits per heavy atom. The first-order valence-corrected chi connectivity index (χ1v) is 8.83. The molecule has 5 nitrogen and oxygen atoms in total. The third-order valence-electron chi connectivity index (χ3n) is 3.36. The summed E-state index contributed by atoms with van der Waals surface area (Å²) in [6.45, 7) is 0.373. The lowest BCUT2D eigenvalue weighted by atomic mass is 10.2. The number of halogens is 1. The standard InChI is InChI=1S/C18H16FN3O2S/c19-15-8-6-13(7-9-15)10-20-16(23)11-25-12-17-21-18(22-24-17)14-4-2-1-3-5-14/h1-9H,10-12H2,(H,20,23). The Balaban J connectivity index is 1.41. The van der Waals surface area contributed by atoms with Gasteiger partial charge in [-0.1, -0.05) is 47.6 Å². The van der Waals surface area contributed by atoms with E-state index in [4.69, 9.17) is 4.52 Å². The summed E-state index contributed by atoms with van der Waals surface area (Å²) in [5.74, 6) is 1.37. The van der Waals surface area contributed by atoms with Crippen molar-refractivity contribution in [1.82, 2.24) is 15.5 Å². The Bertz CT molecular complexity index is 822. The van der Waals surface area contributed by atoms with Gasteiger partial charge in [-0.15, -0.1) is 11.8 Å². The molecule has 0 atom stereocenters. The molecule has 128 valence electrons. The van der Waals surface area contributed by atoms with Gasteiger partial charge in [-0.05, 0) is 17.7 Å². The minimum Gasteiger partial charge on any atom is -0.351 e. The van der Waals surface area contributed by atoms with E-state index in [2.05, 4.69) is 15.5 Å². The van der Waals surface area contributed by atoms with E-state index in [1.54, 1.807) is 12.1 Å². The van der Waals surface area contributed by atoms with E-state index >= 15 is 0 Å². The maximum Gasteiger partial charge on any atom is 0.236 e. The van der Waals surface area contributed by atoms with Gasteiger partial charge in [-0.3, -0.25) is 4.79 Å². The molecule has 2 aromatic carbocycles. The van der Waals surface area contributed by atoms with E-state index in [1.165, 1.54) is 23.9 Å². The largest absolute Gasteiger partial charge is 0.351 e. The minimum absolute atomic E-state index is 0.0999. The molecule has 3 rings (SSSR count). The SMILES string of the molecule is O=C(CSCc1nc(-c2ccccc2)no1)NCc1ccc(F)cc1. The zero-order chi connectivity index (χ0) is 17.5. The van der Waals surface area contributed by atoms with E-state index in [9.17, 15) is 9.18 Å². The first-order valence-electron chi connectivity index (χ1n) is 7.67. The highest BCUT2D eigenvalue weighted by Crippen LogP contribution is 2.17. The van der Waals surface area contributed by atoms with Crippen LogP contribution in [0.1, 0.15) is 11.5 Å². The van der Waals surface area contributed by atoms with E-state index in [0.29, 0.717) is 24.0 Å². The zero-order valence-corrected chi connectivity index (χ0v) is 14.1. The van der Waals surface area contributed by atoms with Crippen LogP contribution in [0, 0.1) is 5.82 Å². The van der Waals surface area contributed by atoms with Crippen LogP contribution in [0.4, 0.5) is 4.39 Å². The van der Waals surface area contributed by atoms with Crippen LogP contribution in [-0.4, -0.2) is 21.8 Å². The predicted octanol–water partition coefficient (Wildman–Crippen LogP) is 3.43. The number of aromatic nitrogens is 2. The summed E-state index contributed by atoms with van der Waals surface area (Å²) < 4.78 is 18.0. The van der Waals surface area contributed by atoms with Gasteiger partial charge in [0.1, 0.15) is 5.82 Å². The van der Waals surface area contributed by atoms with Crippen molar-refractivity contribution in [3.05, 3.63) is 71.9 Å². The summed E-state index contributed by atoms with van der Waals surface area (Å²) in [7, 11) is 0. The molecule has 0 bridgehead atoms. The molecule has 0 saturated heterocycles. The molecule has 0 spiro atoms. The minimum atomic E-state index is -0.292. The fourth-order valence-electron chi connectivity index (χ4n) is 2.10. The second-order valence-electron chi connectivity index (χ2n) is 5.27. The van der Waals surface area contributed by atoms with Crippen molar-refractivity contribution in [1.29, 1.82) is 0 Å². The first kappa shape index (κ1) is 17.2. The quantitative estimate of drug-likeness (QED) is 0.702. The number of carbonyl (C=O) groups excluding carboxylic acids is 1. The number of nitrogens with one attached hydrogen (secondary N) is 1.